The molecule has 0 spiro atoms. The van der Waals surface area contributed by atoms with Crippen molar-refractivity contribution in [3.8, 4) is 0 Å². The van der Waals surface area contributed by atoms with Crippen LogP contribution in [0.3, 0.4) is 0 Å². The van der Waals surface area contributed by atoms with Gasteiger partial charge in [0.1, 0.15) is 15.7 Å². The normalized spacial score (nSPS) is 16.0. The van der Waals surface area contributed by atoms with Crippen molar-refractivity contribution in [2.75, 3.05) is 56.7 Å². The van der Waals surface area contributed by atoms with Gasteiger partial charge in [-0.25, -0.2) is 13.4 Å². The van der Waals surface area contributed by atoms with Gasteiger partial charge in [-0.1, -0.05) is 6.07 Å². The molecule has 7 nitrogen and oxygen atoms in total. The van der Waals surface area contributed by atoms with E-state index in [0.29, 0.717) is 6.54 Å². The summed E-state index contributed by atoms with van der Waals surface area (Å²) in [4.78, 5) is 13.0. The second-order valence-electron chi connectivity index (χ2n) is 5.27. The molecule has 1 fully saturated rings. The van der Waals surface area contributed by atoms with E-state index in [2.05, 4.69) is 25.1 Å². The molecular formula is C14H24IN5O2S. The van der Waals surface area contributed by atoms with Crippen LogP contribution in [0.5, 0.6) is 0 Å². The Labute approximate surface area is 155 Å². The van der Waals surface area contributed by atoms with Gasteiger partial charge in [0.15, 0.2) is 5.96 Å². The molecule has 0 aromatic carbocycles. The number of hydrogen-bond acceptors (Lipinski definition) is 5. The summed E-state index contributed by atoms with van der Waals surface area (Å²) in [5.74, 6) is 1.85. The summed E-state index contributed by atoms with van der Waals surface area (Å²) >= 11 is 0. The van der Waals surface area contributed by atoms with Crippen LogP contribution in [0.4, 0.5) is 5.82 Å². The van der Waals surface area contributed by atoms with Crippen molar-refractivity contribution in [2.45, 2.75) is 0 Å². The number of sulfone groups is 1. The zero-order chi connectivity index (χ0) is 16.0. The molecular weight excluding hydrogens is 429 g/mol. The molecule has 23 heavy (non-hydrogen) atoms. The van der Waals surface area contributed by atoms with E-state index in [9.17, 15) is 8.42 Å². The number of nitrogens with one attached hydrogen (secondary N) is 1. The Kier molecular flexibility index (Phi) is 8.03. The first-order valence-corrected chi connectivity index (χ1v) is 9.35. The highest BCUT2D eigenvalue weighted by molar-refractivity contribution is 14.0. The van der Waals surface area contributed by atoms with E-state index < -0.39 is 9.84 Å². The number of guanidine groups is 1. The lowest BCUT2D eigenvalue weighted by molar-refractivity contribution is 0.372. The molecule has 1 aromatic rings. The molecule has 2 rings (SSSR count). The van der Waals surface area contributed by atoms with Crippen LogP contribution in [-0.4, -0.2) is 76.0 Å². The van der Waals surface area contributed by atoms with Gasteiger partial charge in [0, 0.05) is 52.2 Å². The maximum atomic E-state index is 11.2. The lowest BCUT2D eigenvalue weighted by Crippen LogP contribution is -2.53. The van der Waals surface area contributed by atoms with Crippen LogP contribution in [0.25, 0.3) is 0 Å². The van der Waals surface area contributed by atoms with Crippen LogP contribution in [-0.2, 0) is 9.84 Å². The van der Waals surface area contributed by atoms with Crippen molar-refractivity contribution < 1.29 is 8.42 Å². The predicted octanol–water partition coefficient (Wildman–Crippen LogP) is 0.442. The largest absolute Gasteiger partial charge is 0.355 e. The standard InChI is InChI=1S/C14H23N5O2S.HI/c1-15-14(17-7-12-22(2,20)21)19-10-8-18(9-11-19)13-5-3-4-6-16-13;/h3-6H,7-12H2,1-2H3,(H,15,17);1H. The molecule has 1 aliphatic heterocycles. The fraction of sp³-hybridized carbons (Fsp3) is 0.571. The number of hydrogen-bond donors (Lipinski definition) is 1. The van der Waals surface area contributed by atoms with Crippen molar-refractivity contribution in [1.29, 1.82) is 0 Å². The van der Waals surface area contributed by atoms with E-state index in [-0.39, 0.29) is 29.7 Å². The van der Waals surface area contributed by atoms with E-state index >= 15 is 0 Å². The van der Waals surface area contributed by atoms with E-state index in [0.717, 1.165) is 38.0 Å². The molecule has 0 radical (unpaired) electrons. The van der Waals surface area contributed by atoms with Gasteiger partial charge in [0.2, 0.25) is 0 Å². The maximum absolute atomic E-state index is 11.2. The first-order valence-electron chi connectivity index (χ1n) is 7.29. The lowest BCUT2D eigenvalue weighted by atomic mass is 10.3. The van der Waals surface area contributed by atoms with Crippen molar-refractivity contribution in [1.82, 2.24) is 15.2 Å². The number of aromatic nitrogens is 1. The monoisotopic (exact) mass is 453 g/mol. The minimum Gasteiger partial charge on any atom is -0.355 e. The number of piperazine rings is 1. The average molecular weight is 453 g/mol. The van der Waals surface area contributed by atoms with Crippen molar-refractivity contribution >= 4 is 45.6 Å². The number of pyridine rings is 1. The molecule has 9 heteroatoms. The van der Waals surface area contributed by atoms with Crippen molar-refractivity contribution in [2.24, 2.45) is 4.99 Å². The summed E-state index contributed by atoms with van der Waals surface area (Å²) in [6, 6.07) is 5.91. The molecule has 0 unspecified atom stereocenters. The smallest absolute Gasteiger partial charge is 0.193 e. The number of rotatable bonds is 4. The summed E-state index contributed by atoms with van der Waals surface area (Å²) < 4.78 is 22.3. The van der Waals surface area contributed by atoms with Crippen LogP contribution in [0.15, 0.2) is 29.4 Å². The fourth-order valence-electron chi connectivity index (χ4n) is 2.37. The SMILES string of the molecule is CN=C(NCCS(C)(=O)=O)N1CCN(c2ccccn2)CC1.I. The molecule has 0 saturated carbocycles. The Morgan fingerprint density at radius 3 is 2.52 bits per heavy atom. The van der Waals surface area contributed by atoms with Gasteiger partial charge < -0.3 is 15.1 Å². The topological polar surface area (TPSA) is 77.9 Å². The Balaban J connectivity index is 0.00000264. The van der Waals surface area contributed by atoms with E-state index in [1.807, 2.05) is 18.2 Å². The minimum absolute atomic E-state index is 0. The highest BCUT2D eigenvalue weighted by Gasteiger charge is 2.20. The average Bonchev–Trinajstić information content (AvgIpc) is 2.52. The number of nitrogens with zero attached hydrogens (tertiary/aromatic N) is 4. The Morgan fingerprint density at radius 1 is 1.30 bits per heavy atom. The number of aliphatic imine (C=N–C) groups is 1. The van der Waals surface area contributed by atoms with Crippen LogP contribution >= 0.6 is 24.0 Å². The van der Waals surface area contributed by atoms with Gasteiger partial charge in [-0.15, -0.1) is 24.0 Å². The molecule has 1 aromatic heterocycles. The summed E-state index contributed by atoms with van der Waals surface area (Å²) in [6.45, 7) is 3.77. The van der Waals surface area contributed by atoms with Crippen molar-refractivity contribution in [3.05, 3.63) is 24.4 Å². The second kappa shape index (κ2) is 9.26. The van der Waals surface area contributed by atoms with Gasteiger partial charge in [0.25, 0.3) is 0 Å². The van der Waals surface area contributed by atoms with Gasteiger partial charge >= 0.3 is 0 Å². The highest BCUT2D eigenvalue weighted by Crippen LogP contribution is 2.12. The Morgan fingerprint density at radius 2 is 2.00 bits per heavy atom. The Hall–Kier alpha value is -1.10. The summed E-state index contributed by atoms with van der Waals surface area (Å²) in [5, 5.41) is 3.11. The summed E-state index contributed by atoms with van der Waals surface area (Å²) in [6.07, 6.45) is 3.04. The van der Waals surface area contributed by atoms with Gasteiger partial charge in [-0.05, 0) is 12.1 Å². The first kappa shape index (κ1) is 19.9. The third kappa shape index (κ3) is 6.50. The molecule has 130 valence electrons. The van der Waals surface area contributed by atoms with Crippen LogP contribution in [0, 0.1) is 0 Å². The molecule has 1 N–H and O–H groups in total. The number of halogens is 1. The van der Waals surface area contributed by atoms with Gasteiger partial charge in [-0.3, -0.25) is 4.99 Å². The third-order valence-electron chi connectivity index (χ3n) is 3.52. The van der Waals surface area contributed by atoms with Crippen molar-refractivity contribution in [3.63, 3.8) is 0 Å². The van der Waals surface area contributed by atoms with Gasteiger partial charge in [0.05, 0.1) is 5.75 Å². The zero-order valence-corrected chi connectivity index (χ0v) is 16.6. The van der Waals surface area contributed by atoms with Crippen LogP contribution in [0.2, 0.25) is 0 Å². The van der Waals surface area contributed by atoms with Crippen LogP contribution < -0.4 is 10.2 Å². The number of anilines is 1. The second-order valence-corrected chi connectivity index (χ2v) is 7.53. The van der Waals surface area contributed by atoms with E-state index in [4.69, 9.17) is 0 Å². The molecule has 0 atom stereocenters. The zero-order valence-electron chi connectivity index (χ0n) is 13.5. The fourth-order valence-corrected chi connectivity index (χ4v) is 2.84. The third-order valence-corrected chi connectivity index (χ3v) is 4.47. The molecule has 0 bridgehead atoms. The molecule has 1 aliphatic rings. The molecule has 1 saturated heterocycles. The predicted molar refractivity (Wildman–Crippen MR) is 105 cm³/mol. The molecule has 2 heterocycles. The maximum Gasteiger partial charge on any atom is 0.193 e. The quantitative estimate of drug-likeness (QED) is 0.405. The molecule has 0 aliphatic carbocycles. The van der Waals surface area contributed by atoms with E-state index in [1.54, 1.807) is 13.2 Å². The summed E-state index contributed by atoms with van der Waals surface area (Å²) in [5.41, 5.74) is 0. The minimum atomic E-state index is -2.96. The molecule has 0 amide bonds. The summed E-state index contributed by atoms with van der Waals surface area (Å²) in [7, 11) is -1.24. The van der Waals surface area contributed by atoms with Crippen LogP contribution in [0.1, 0.15) is 0 Å². The highest BCUT2D eigenvalue weighted by atomic mass is 127. The van der Waals surface area contributed by atoms with Gasteiger partial charge in [-0.2, -0.15) is 0 Å². The lowest BCUT2D eigenvalue weighted by Gasteiger charge is -2.37. The Bertz CT molecular complexity index is 601. The van der Waals surface area contributed by atoms with E-state index in [1.165, 1.54) is 6.26 Å². The first-order chi connectivity index (χ1) is 10.5.